The fourth-order valence-electron chi connectivity index (χ4n) is 3.05. The van der Waals surface area contributed by atoms with Crippen LogP contribution in [0.1, 0.15) is 26.3 Å². The van der Waals surface area contributed by atoms with E-state index in [0.29, 0.717) is 20.7 Å². The normalized spacial score (nSPS) is 12.3. The lowest BCUT2D eigenvalue weighted by molar-refractivity contribution is -0.139. The summed E-state index contributed by atoms with van der Waals surface area (Å²) in [5.74, 6) is -0.871. The fourth-order valence-corrected chi connectivity index (χ4v) is 4.72. The molecule has 0 fully saturated rings. The smallest absolute Gasteiger partial charge is 0.244 e. The Balaban J connectivity index is 2.42. The average molecular weight is 545 g/mol. The number of benzene rings is 2. The molecular weight excluding hydrogens is 518 g/mol. The molecular formula is C22H27BrClN3O4S. The van der Waals surface area contributed by atoms with E-state index in [1.54, 1.807) is 55.5 Å². The SMILES string of the molecule is CC(C)NC(=O)C(C)N(Cc1ccccc1Cl)C(=O)CN(c1ccccc1Br)S(C)(=O)=O. The van der Waals surface area contributed by atoms with Gasteiger partial charge in [-0.1, -0.05) is 41.9 Å². The molecule has 0 aliphatic heterocycles. The largest absolute Gasteiger partial charge is 0.352 e. The van der Waals surface area contributed by atoms with Crippen molar-refractivity contribution in [2.45, 2.75) is 39.4 Å². The van der Waals surface area contributed by atoms with Crippen LogP contribution in [-0.4, -0.2) is 50.0 Å². The highest BCUT2D eigenvalue weighted by molar-refractivity contribution is 9.10. The zero-order valence-corrected chi connectivity index (χ0v) is 21.5. The van der Waals surface area contributed by atoms with Crippen LogP contribution in [0.2, 0.25) is 5.02 Å². The summed E-state index contributed by atoms with van der Waals surface area (Å²) < 4.78 is 26.6. The first-order chi connectivity index (χ1) is 14.9. The van der Waals surface area contributed by atoms with E-state index < -0.39 is 28.5 Å². The van der Waals surface area contributed by atoms with Gasteiger partial charge < -0.3 is 10.2 Å². The van der Waals surface area contributed by atoms with Crippen molar-refractivity contribution in [1.82, 2.24) is 10.2 Å². The number of hydrogen-bond acceptors (Lipinski definition) is 4. The molecule has 10 heteroatoms. The Kier molecular flexibility index (Phi) is 9.12. The first-order valence-corrected chi connectivity index (χ1v) is 13.0. The first-order valence-electron chi connectivity index (χ1n) is 9.97. The molecule has 0 saturated heterocycles. The van der Waals surface area contributed by atoms with E-state index in [2.05, 4.69) is 21.2 Å². The van der Waals surface area contributed by atoms with Crippen molar-refractivity contribution >= 4 is 55.1 Å². The van der Waals surface area contributed by atoms with E-state index in [1.165, 1.54) is 4.90 Å². The van der Waals surface area contributed by atoms with Gasteiger partial charge in [-0.05, 0) is 60.5 Å². The third kappa shape index (κ3) is 6.95. The van der Waals surface area contributed by atoms with Crippen molar-refractivity contribution in [3.05, 3.63) is 63.6 Å². The number of carbonyl (C=O) groups is 2. The number of hydrogen-bond donors (Lipinski definition) is 1. The van der Waals surface area contributed by atoms with Gasteiger partial charge in [0.2, 0.25) is 21.8 Å². The lowest BCUT2D eigenvalue weighted by Gasteiger charge is -2.32. The minimum Gasteiger partial charge on any atom is -0.352 e. The summed E-state index contributed by atoms with van der Waals surface area (Å²) in [6.07, 6.45) is 1.03. The topological polar surface area (TPSA) is 86.8 Å². The summed E-state index contributed by atoms with van der Waals surface area (Å²) in [4.78, 5) is 27.5. The predicted molar refractivity (Wildman–Crippen MR) is 131 cm³/mol. The van der Waals surface area contributed by atoms with Gasteiger partial charge in [-0.15, -0.1) is 0 Å². The van der Waals surface area contributed by atoms with Crippen LogP contribution in [-0.2, 0) is 26.2 Å². The second-order valence-electron chi connectivity index (χ2n) is 7.67. The van der Waals surface area contributed by atoms with Gasteiger partial charge in [0, 0.05) is 22.1 Å². The molecule has 174 valence electrons. The van der Waals surface area contributed by atoms with Crippen LogP contribution in [0.25, 0.3) is 0 Å². The number of anilines is 1. The minimum absolute atomic E-state index is 0.0543. The average Bonchev–Trinajstić information content (AvgIpc) is 2.70. The van der Waals surface area contributed by atoms with Crippen molar-refractivity contribution in [2.24, 2.45) is 0 Å². The van der Waals surface area contributed by atoms with Gasteiger partial charge in [-0.3, -0.25) is 13.9 Å². The number of nitrogens with one attached hydrogen (secondary N) is 1. The lowest BCUT2D eigenvalue weighted by Crippen LogP contribution is -2.52. The van der Waals surface area contributed by atoms with Gasteiger partial charge in [-0.25, -0.2) is 8.42 Å². The van der Waals surface area contributed by atoms with Crippen LogP contribution in [0.3, 0.4) is 0 Å². The number of para-hydroxylation sites is 1. The van der Waals surface area contributed by atoms with Crippen LogP contribution in [0, 0.1) is 0 Å². The molecule has 2 aromatic carbocycles. The second kappa shape index (κ2) is 11.2. The van der Waals surface area contributed by atoms with Gasteiger partial charge in [-0.2, -0.15) is 0 Å². The maximum Gasteiger partial charge on any atom is 0.244 e. The molecule has 1 N–H and O–H groups in total. The Labute approximate surface area is 202 Å². The Morgan fingerprint density at radius 3 is 2.22 bits per heavy atom. The van der Waals surface area contributed by atoms with Crippen LogP contribution in [0.5, 0.6) is 0 Å². The predicted octanol–water partition coefficient (Wildman–Crippen LogP) is 3.81. The van der Waals surface area contributed by atoms with E-state index in [4.69, 9.17) is 11.6 Å². The molecule has 0 radical (unpaired) electrons. The van der Waals surface area contributed by atoms with Gasteiger partial charge in [0.15, 0.2) is 0 Å². The summed E-state index contributed by atoms with van der Waals surface area (Å²) in [7, 11) is -3.79. The van der Waals surface area contributed by atoms with Crippen molar-refractivity contribution in [3.63, 3.8) is 0 Å². The molecule has 2 aromatic rings. The van der Waals surface area contributed by atoms with Crippen molar-refractivity contribution < 1.29 is 18.0 Å². The summed E-state index contributed by atoms with van der Waals surface area (Å²) in [6.45, 7) is 4.84. The molecule has 0 saturated carbocycles. The second-order valence-corrected chi connectivity index (χ2v) is 10.8. The molecule has 1 atom stereocenters. The van der Waals surface area contributed by atoms with Gasteiger partial charge >= 0.3 is 0 Å². The Bertz CT molecular complexity index is 1080. The maximum absolute atomic E-state index is 13.4. The Morgan fingerprint density at radius 2 is 1.66 bits per heavy atom. The van der Waals surface area contributed by atoms with Crippen molar-refractivity contribution in [3.8, 4) is 0 Å². The molecule has 0 spiro atoms. The third-order valence-corrected chi connectivity index (χ3v) is 6.86. The highest BCUT2D eigenvalue weighted by Crippen LogP contribution is 2.28. The molecule has 32 heavy (non-hydrogen) atoms. The molecule has 7 nitrogen and oxygen atoms in total. The summed E-state index contributed by atoms with van der Waals surface area (Å²) in [5.41, 5.74) is 0.985. The fraction of sp³-hybridized carbons (Fsp3) is 0.364. The van der Waals surface area contributed by atoms with E-state index in [0.717, 1.165) is 10.6 Å². The number of nitrogens with zero attached hydrogens (tertiary/aromatic N) is 2. The Morgan fingerprint density at radius 1 is 1.06 bits per heavy atom. The molecule has 0 aliphatic rings. The summed E-state index contributed by atoms with van der Waals surface area (Å²) in [6, 6.07) is 12.8. The lowest BCUT2D eigenvalue weighted by atomic mass is 10.1. The summed E-state index contributed by atoms with van der Waals surface area (Å²) in [5, 5.41) is 3.25. The van der Waals surface area contributed by atoms with Gasteiger partial charge in [0.05, 0.1) is 11.9 Å². The van der Waals surface area contributed by atoms with E-state index in [1.807, 2.05) is 13.8 Å². The van der Waals surface area contributed by atoms with Gasteiger partial charge in [0.1, 0.15) is 12.6 Å². The maximum atomic E-state index is 13.4. The molecule has 2 rings (SSSR count). The molecule has 0 bridgehead atoms. The number of amides is 2. The highest BCUT2D eigenvalue weighted by Gasteiger charge is 2.31. The van der Waals surface area contributed by atoms with Crippen molar-refractivity contribution in [1.29, 1.82) is 0 Å². The minimum atomic E-state index is -3.79. The zero-order valence-electron chi connectivity index (χ0n) is 18.4. The molecule has 1 unspecified atom stereocenters. The van der Waals surface area contributed by atoms with E-state index in [9.17, 15) is 18.0 Å². The molecule has 0 aliphatic carbocycles. The van der Waals surface area contributed by atoms with Crippen LogP contribution < -0.4 is 9.62 Å². The van der Waals surface area contributed by atoms with Crippen LogP contribution in [0.15, 0.2) is 53.0 Å². The zero-order chi connectivity index (χ0) is 24.1. The van der Waals surface area contributed by atoms with E-state index in [-0.39, 0.29) is 18.5 Å². The van der Waals surface area contributed by atoms with E-state index >= 15 is 0 Å². The van der Waals surface area contributed by atoms with Crippen LogP contribution in [0.4, 0.5) is 5.69 Å². The standard InChI is InChI=1S/C22H27BrClN3O4S/c1-15(2)25-22(29)16(3)26(13-17-9-5-7-11-19(17)24)21(28)14-27(32(4,30)31)20-12-8-6-10-18(20)23/h5-12,15-16H,13-14H2,1-4H3,(H,25,29). The van der Waals surface area contributed by atoms with Crippen molar-refractivity contribution in [2.75, 3.05) is 17.1 Å². The molecule has 0 heterocycles. The quantitative estimate of drug-likeness (QED) is 0.520. The number of sulfonamides is 1. The van der Waals surface area contributed by atoms with Gasteiger partial charge in [0.25, 0.3) is 0 Å². The third-order valence-electron chi connectivity index (χ3n) is 4.70. The highest BCUT2D eigenvalue weighted by atomic mass is 79.9. The Hall–Kier alpha value is -2.10. The first kappa shape index (κ1) is 26.2. The summed E-state index contributed by atoms with van der Waals surface area (Å²) >= 11 is 9.63. The molecule has 2 amide bonds. The van der Waals surface area contributed by atoms with Crippen LogP contribution >= 0.6 is 27.5 Å². The number of carbonyl (C=O) groups excluding carboxylic acids is 2. The number of halogens is 2. The monoisotopic (exact) mass is 543 g/mol. The molecule has 0 aromatic heterocycles. The number of rotatable bonds is 9.